The molecule has 0 aliphatic carbocycles. The highest BCUT2D eigenvalue weighted by molar-refractivity contribution is 5.69. The number of nitrogens with zero attached hydrogens (tertiary/aromatic N) is 5. The lowest BCUT2D eigenvalue weighted by Crippen LogP contribution is -1.99. The number of phenolic OH excluding ortho intramolecular Hbond substituents is 1. The number of aryl methyl sites for hydroxylation is 1. The maximum Gasteiger partial charge on any atom is 0.312 e. The number of hydrogen-bond acceptors (Lipinski definition) is 5. The quantitative estimate of drug-likeness (QED) is 0.458. The average Bonchev–Trinajstić information content (AvgIpc) is 3.17. The van der Waals surface area contributed by atoms with Crippen molar-refractivity contribution < 1.29 is 10.0 Å². The van der Waals surface area contributed by atoms with Gasteiger partial charge in [-0.2, -0.15) is 5.10 Å². The summed E-state index contributed by atoms with van der Waals surface area (Å²) in [5, 5.41) is 26.0. The molecule has 0 saturated carbocycles. The van der Waals surface area contributed by atoms with Gasteiger partial charge in [-0.05, 0) is 24.6 Å². The first-order chi connectivity index (χ1) is 12.1. The summed E-state index contributed by atoms with van der Waals surface area (Å²) in [5.41, 5.74) is 3.00. The van der Waals surface area contributed by atoms with Crippen LogP contribution >= 0.6 is 0 Å². The van der Waals surface area contributed by atoms with E-state index in [1.165, 1.54) is 6.07 Å². The molecule has 0 radical (unpaired) electrons. The lowest BCUT2D eigenvalue weighted by atomic mass is 10.1. The Bertz CT molecular complexity index is 1100. The molecule has 0 atom stereocenters. The Kier molecular flexibility index (Phi) is 3.24. The third-order valence-corrected chi connectivity index (χ3v) is 4.05. The number of nitro benzene ring substituents is 1. The zero-order valence-electron chi connectivity index (χ0n) is 13.2. The van der Waals surface area contributed by atoms with E-state index < -0.39 is 4.92 Å². The van der Waals surface area contributed by atoms with Crippen LogP contribution in [0.15, 0.2) is 55.1 Å². The van der Waals surface area contributed by atoms with E-state index in [4.69, 9.17) is 0 Å². The van der Waals surface area contributed by atoms with Gasteiger partial charge in [-0.1, -0.05) is 6.07 Å². The third kappa shape index (κ3) is 2.31. The highest BCUT2D eigenvalue weighted by atomic mass is 16.6. The summed E-state index contributed by atoms with van der Waals surface area (Å²) in [6, 6.07) is 8.47. The van der Waals surface area contributed by atoms with Crippen LogP contribution in [0.1, 0.15) is 5.56 Å². The molecule has 0 bridgehead atoms. The average molecular weight is 335 g/mol. The van der Waals surface area contributed by atoms with Crippen LogP contribution in [0.4, 0.5) is 5.69 Å². The Hall–Kier alpha value is -3.68. The molecular formula is C17H13N5O3. The molecule has 1 aromatic carbocycles. The van der Waals surface area contributed by atoms with Crippen LogP contribution in [0.2, 0.25) is 0 Å². The van der Waals surface area contributed by atoms with Crippen molar-refractivity contribution in [2.24, 2.45) is 0 Å². The molecule has 0 saturated heterocycles. The van der Waals surface area contributed by atoms with E-state index in [-0.39, 0.29) is 11.4 Å². The standard InChI is InChI=1S/C17H13N5O3/c1-11-4-5-14(22(24)25)17(23)16(11)20-7-8-21-15(20)9-13(19-21)12-3-2-6-18-10-12/h2-10,23H,1H3. The molecule has 124 valence electrons. The number of benzene rings is 1. The minimum atomic E-state index is -0.601. The topological polar surface area (TPSA) is 98.5 Å². The van der Waals surface area contributed by atoms with Crippen LogP contribution in [0, 0.1) is 17.0 Å². The second-order valence-corrected chi connectivity index (χ2v) is 5.60. The number of fused-ring (bicyclic) bond motifs is 1. The van der Waals surface area contributed by atoms with Gasteiger partial charge in [-0.3, -0.25) is 19.7 Å². The van der Waals surface area contributed by atoms with Gasteiger partial charge in [0, 0.05) is 42.5 Å². The van der Waals surface area contributed by atoms with Crippen LogP contribution in [-0.4, -0.2) is 29.2 Å². The number of aromatic hydroxyl groups is 1. The van der Waals surface area contributed by atoms with Gasteiger partial charge in [0.25, 0.3) is 0 Å². The van der Waals surface area contributed by atoms with Gasteiger partial charge in [0.1, 0.15) is 5.65 Å². The SMILES string of the molecule is Cc1ccc([N+](=O)[O-])c(O)c1-n1ccn2nc(-c3cccnc3)cc12. The van der Waals surface area contributed by atoms with Crippen molar-refractivity contribution in [3.05, 3.63) is 70.8 Å². The number of rotatable bonds is 3. The molecule has 0 spiro atoms. The van der Waals surface area contributed by atoms with Crippen LogP contribution in [0.3, 0.4) is 0 Å². The van der Waals surface area contributed by atoms with Crippen molar-refractivity contribution in [1.29, 1.82) is 0 Å². The van der Waals surface area contributed by atoms with Gasteiger partial charge < -0.3 is 5.11 Å². The van der Waals surface area contributed by atoms with Gasteiger partial charge in [0.05, 0.1) is 16.3 Å². The van der Waals surface area contributed by atoms with Gasteiger partial charge in [-0.15, -0.1) is 0 Å². The number of aromatic nitrogens is 4. The largest absolute Gasteiger partial charge is 0.501 e. The number of imidazole rings is 1. The summed E-state index contributed by atoms with van der Waals surface area (Å²) in [5.74, 6) is -0.368. The van der Waals surface area contributed by atoms with Crippen LogP contribution in [0.25, 0.3) is 22.6 Å². The lowest BCUT2D eigenvalue weighted by molar-refractivity contribution is -0.385. The zero-order chi connectivity index (χ0) is 17.6. The van der Waals surface area contributed by atoms with Gasteiger partial charge in [0.2, 0.25) is 5.75 Å². The second kappa shape index (κ2) is 5.45. The van der Waals surface area contributed by atoms with Crippen LogP contribution < -0.4 is 0 Å². The van der Waals surface area contributed by atoms with Gasteiger partial charge in [-0.25, -0.2) is 4.52 Å². The Balaban J connectivity index is 1.93. The molecule has 0 aliphatic heterocycles. The maximum atomic E-state index is 11.1. The fraction of sp³-hybridized carbons (Fsp3) is 0.0588. The highest BCUT2D eigenvalue weighted by Gasteiger charge is 2.21. The van der Waals surface area contributed by atoms with Crippen molar-refractivity contribution in [2.75, 3.05) is 0 Å². The molecule has 0 unspecified atom stereocenters. The van der Waals surface area contributed by atoms with E-state index in [1.54, 1.807) is 46.9 Å². The Morgan fingerprint density at radius 3 is 2.80 bits per heavy atom. The first-order valence-electron chi connectivity index (χ1n) is 7.50. The molecule has 4 aromatic rings. The highest BCUT2D eigenvalue weighted by Crippen LogP contribution is 2.36. The molecule has 0 fully saturated rings. The van der Waals surface area contributed by atoms with Gasteiger partial charge in [0.15, 0.2) is 0 Å². The molecule has 3 aromatic heterocycles. The number of pyridine rings is 1. The molecule has 8 nitrogen and oxygen atoms in total. The zero-order valence-corrected chi connectivity index (χ0v) is 13.2. The van der Waals surface area contributed by atoms with E-state index in [0.717, 1.165) is 11.3 Å². The second-order valence-electron chi connectivity index (χ2n) is 5.60. The fourth-order valence-electron chi connectivity index (χ4n) is 2.85. The van der Waals surface area contributed by atoms with Crippen molar-refractivity contribution >= 4 is 11.3 Å². The van der Waals surface area contributed by atoms with E-state index in [0.29, 0.717) is 16.9 Å². The first-order valence-corrected chi connectivity index (χ1v) is 7.50. The molecule has 3 heterocycles. The minimum absolute atomic E-state index is 0.334. The monoisotopic (exact) mass is 335 g/mol. The first kappa shape index (κ1) is 14.9. The van der Waals surface area contributed by atoms with Crippen molar-refractivity contribution in [3.63, 3.8) is 0 Å². The number of nitro groups is 1. The Morgan fingerprint density at radius 1 is 1.24 bits per heavy atom. The molecule has 0 aliphatic rings. The van der Waals surface area contributed by atoms with Gasteiger partial charge >= 0.3 is 5.69 Å². The number of hydrogen-bond donors (Lipinski definition) is 1. The van der Waals surface area contributed by atoms with Crippen LogP contribution in [0.5, 0.6) is 5.75 Å². The molecule has 8 heteroatoms. The fourth-order valence-corrected chi connectivity index (χ4v) is 2.85. The Labute approximate surface area is 141 Å². The summed E-state index contributed by atoms with van der Waals surface area (Å²) in [7, 11) is 0. The maximum absolute atomic E-state index is 11.1. The van der Waals surface area contributed by atoms with Crippen molar-refractivity contribution in [1.82, 2.24) is 19.2 Å². The third-order valence-electron chi connectivity index (χ3n) is 4.05. The smallest absolute Gasteiger partial charge is 0.312 e. The normalized spacial score (nSPS) is 11.1. The molecule has 25 heavy (non-hydrogen) atoms. The summed E-state index contributed by atoms with van der Waals surface area (Å²) < 4.78 is 3.34. The predicted octanol–water partition coefficient (Wildman–Crippen LogP) is 3.11. The van der Waals surface area contributed by atoms with E-state index >= 15 is 0 Å². The molecular weight excluding hydrogens is 322 g/mol. The summed E-state index contributed by atoms with van der Waals surface area (Å²) in [6.07, 6.45) is 6.83. The lowest BCUT2D eigenvalue weighted by Gasteiger charge is -2.10. The summed E-state index contributed by atoms with van der Waals surface area (Å²) >= 11 is 0. The number of phenols is 1. The minimum Gasteiger partial charge on any atom is -0.501 e. The predicted molar refractivity (Wildman–Crippen MR) is 90.8 cm³/mol. The van der Waals surface area contributed by atoms with Crippen molar-refractivity contribution in [2.45, 2.75) is 6.92 Å². The molecule has 4 rings (SSSR count). The van der Waals surface area contributed by atoms with E-state index in [1.807, 2.05) is 18.2 Å². The summed E-state index contributed by atoms with van der Waals surface area (Å²) in [4.78, 5) is 14.6. The molecule has 0 amide bonds. The Morgan fingerprint density at radius 2 is 2.08 bits per heavy atom. The summed E-state index contributed by atoms with van der Waals surface area (Å²) in [6.45, 7) is 1.79. The molecule has 1 N–H and O–H groups in total. The van der Waals surface area contributed by atoms with E-state index in [9.17, 15) is 15.2 Å². The van der Waals surface area contributed by atoms with Crippen LogP contribution in [-0.2, 0) is 0 Å². The van der Waals surface area contributed by atoms with Crippen molar-refractivity contribution in [3.8, 4) is 22.7 Å². The van der Waals surface area contributed by atoms with E-state index in [2.05, 4.69) is 10.1 Å².